The molecule has 42 heavy (non-hydrogen) atoms. The average molecular weight is 656 g/mol. The average Bonchev–Trinajstić information content (AvgIpc) is 3.24. The molecule has 4 atom stereocenters. The van der Waals surface area contributed by atoms with Crippen LogP contribution in [0.2, 0.25) is 5.02 Å². The van der Waals surface area contributed by atoms with E-state index in [2.05, 4.69) is 0 Å². The monoisotopic (exact) mass is 655 g/mol. The molecule has 1 aliphatic heterocycles. The number of nitrogens with zero attached hydrogens (tertiary/aromatic N) is 2. The number of halogens is 5. The normalized spacial score (nSPS) is 22.3. The quantitative estimate of drug-likeness (QED) is 0.231. The van der Waals surface area contributed by atoms with Gasteiger partial charge in [-0.05, 0) is 48.5 Å². The van der Waals surface area contributed by atoms with Crippen LogP contribution in [-0.2, 0) is 21.1 Å². The number of hydrogen-bond donors (Lipinski definition) is 2. The van der Waals surface area contributed by atoms with Crippen LogP contribution in [0.5, 0.6) is 23.0 Å². The number of hydrogen-bond acceptors (Lipinski definition) is 10. The van der Waals surface area contributed by atoms with Crippen molar-refractivity contribution in [1.82, 2.24) is 9.36 Å². The zero-order valence-electron chi connectivity index (χ0n) is 21.7. The fourth-order valence-electron chi connectivity index (χ4n) is 3.86. The molecular formula is C24H23ClF4N3O8PS. The molecule has 228 valence electrons. The predicted octanol–water partition coefficient (Wildman–Crippen LogP) is 4.16. The van der Waals surface area contributed by atoms with Crippen molar-refractivity contribution in [3.63, 3.8) is 0 Å². The van der Waals surface area contributed by atoms with Crippen molar-refractivity contribution in [2.24, 2.45) is 0 Å². The summed E-state index contributed by atoms with van der Waals surface area (Å²) in [5, 5.41) is 17.3. The molecule has 2 N–H and O–H groups in total. The number of aliphatic hydroxyl groups excluding tert-OH is 1. The minimum absolute atomic E-state index is 0.0879. The summed E-state index contributed by atoms with van der Waals surface area (Å²) in [6, 6.07) is 11.8. The summed E-state index contributed by atoms with van der Waals surface area (Å²) >= 11 is 11.2. The fraction of sp³-hybridized carbons (Fsp3) is 0.333. The molecule has 0 saturated carbocycles. The smallest absolute Gasteiger partial charge is 0.435 e. The van der Waals surface area contributed by atoms with E-state index >= 15 is 4.39 Å². The van der Waals surface area contributed by atoms with E-state index in [1.54, 1.807) is 0 Å². The highest BCUT2D eigenvalue weighted by Gasteiger charge is 2.63. The number of aliphatic hydroxyl groups is 1. The Morgan fingerprint density at radius 2 is 1.55 bits per heavy atom. The van der Waals surface area contributed by atoms with E-state index in [1.807, 2.05) is 0 Å². The van der Waals surface area contributed by atoms with E-state index < -0.39 is 64.8 Å². The fourth-order valence-corrected chi connectivity index (χ4v) is 5.97. The van der Waals surface area contributed by atoms with E-state index in [0.29, 0.717) is 17.7 Å². The summed E-state index contributed by atoms with van der Waals surface area (Å²) in [6.07, 6.45) is -10.5. The van der Waals surface area contributed by atoms with E-state index in [-0.39, 0.29) is 16.1 Å². The number of methoxy groups -OCH3 is 2. The van der Waals surface area contributed by atoms with Crippen molar-refractivity contribution in [3.05, 3.63) is 75.7 Å². The van der Waals surface area contributed by atoms with E-state index in [9.17, 15) is 23.2 Å². The molecule has 3 aromatic rings. The third-order valence-electron chi connectivity index (χ3n) is 6.11. The van der Waals surface area contributed by atoms with Gasteiger partial charge in [0.25, 0.3) is 6.43 Å². The van der Waals surface area contributed by atoms with Crippen molar-refractivity contribution >= 4 is 30.1 Å². The third kappa shape index (κ3) is 6.28. The molecule has 18 heteroatoms. The Kier molecular flexibility index (Phi) is 9.55. The molecule has 0 unspecified atom stereocenters. The SMILES string of the molecule is COc1ccc(OP(=S)(OC[C@@]2(C(F)F)O[C@@H](n3cc(Cl)c(=N)n(F)c3=O)[C@H](O)[C@@H]2F)Oc2ccc(OC)cc2)cc1. The van der Waals surface area contributed by atoms with E-state index in [0.717, 1.165) is 0 Å². The molecule has 0 amide bonds. The second-order valence-electron chi connectivity index (χ2n) is 8.71. The molecule has 1 aromatic heterocycles. The van der Waals surface area contributed by atoms with Gasteiger partial charge in [-0.15, -0.1) is 4.79 Å². The van der Waals surface area contributed by atoms with Gasteiger partial charge >= 0.3 is 12.4 Å². The maximum absolute atomic E-state index is 15.5. The molecule has 2 heterocycles. The summed E-state index contributed by atoms with van der Waals surface area (Å²) in [6.45, 7) is -5.44. The van der Waals surface area contributed by atoms with Crippen molar-refractivity contribution in [3.8, 4) is 23.0 Å². The lowest BCUT2D eigenvalue weighted by Gasteiger charge is -2.32. The summed E-state index contributed by atoms with van der Waals surface area (Å²) < 4.78 is 91.3. The largest absolute Gasteiger partial charge is 0.497 e. The van der Waals surface area contributed by atoms with Crippen LogP contribution in [0.1, 0.15) is 6.23 Å². The Labute approximate surface area is 245 Å². The lowest BCUT2D eigenvalue weighted by atomic mass is 9.98. The van der Waals surface area contributed by atoms with E-state index in [4.69, 9.17) is 56.6 Å². The summed E-state index contributed by atoms with van der Waals surface area (Å²) in [5.74, 6) is 1.11. The van der Waals surface area contributed by atoms with Gasteiger partial charge in [0.1, 0.15) is 34.1 Å². The van der Waals surface area contributed by atoms with Crippen molar-refractivity contribution in [1.29, 1.82) is 5.41 Å². The Bertz CT molecular complexity index is 1530. The molecule has 1 fully saturated rings. The van der Waals surface area contributed by atoms with Crippen LogP contribution in [0, 0.1) is 5.41 Å². The van der Waals surface area contributed by atoms with E-state index in [1.165, 1.54) is 62.8 Å². The molecule has 2 aromatic carbocycles. The lowest BCUT2D eigenvalue weighted by molar-refractivity contribution is -0.183. The van der Waals surface area contributed by atoms with Gasteiger partial charge in [-0.25, -0.2) is 18.0 Å². The number of aromatic nitrogens is 2. The molecule has 0 radical (unpaired) electrons. The summed E-state index contributed by atoms with van der Waals surface area (Å²) in [7, 11) is 2.87. The number of benzene rings is 2. The van der Waals surface area contributed by atoms with Gasteiger partial charge in [-0.2, -0.15) is 0 Å². The molecule has 1 aliphatic rings. The first-order chi connectivity index (χ1) is 19.8. The van der Waals surface area contributed by atoms with Crippen LogP contribution in [-0.4, -0.2) is 59.6 Å². The first-order valence-electron chi connectivity index (χ1n) is 11.8. The van der Waals surface area contributed by atoms with Crippen molar-refractivity contribution in [2.45, 2.75) is 30.5 Å². The van der Waals surface area contributed by atoms with Gasteiger partial charge in [0, 0.05) is 18.0 Å². The maximum Gasteiger partial charge on any atom is 0.435 e. The lowest BCUT2D eigenvalue weighted by Crippen LogP contribution is -2.50. The number of nitrogens with one attached hydrogen (secondary N) is 1. The van der Waals surface area contributed by atoms with Gasteiger partial charge in [-0.1, -0.05) is 16.1 Å². The highest BCUT2D eigenvalue weighted by Crippen LogP contribution is 2.53. The molecule has 4 rings (SSSR count). The van der Waals surface area contributed by atoms with Crippen molar-refractivity contribution < 1.29 is 50.5 Å². The van der Waals surface area contributed by atoms with Crippen LogP contribution in [0.4, 0.5) is 17.7 Å². The van der Waals surface area contributed by atoms with Crippen LogP contribution >= 0.6 is 18.3 Å². The minimum Gasteiger partial charge on any atom is -0.497 e. The maximum atomic E-state index is 15.5. The first kappa shape index (κ1) is 31.8. The standard InChI is InChI=1S/C24H23ClF4N3O8PS/c1-35-13-3-7-15(8-4-13)39-41(42,40-16-9-5-14(36-2)6-10-16)37-12-24(22(27)28)19(26)18(33)21(38-24)31-11-17(25)20(30)32(29)23(31)34/h3-11,18-19,21-22,30,33H,12H2,1-2H3/t18-,19+,21-,24-/m1/s1. The number of alkyl halides is 3. The molecule has 0 aliphatic carbocycles. The Balaban J connectivity index is 1.67. The van der Waals surface area contributed by atoms with Crippen LogP contribution < -0.4 is 29.7 Å². The highest BCUT2D eigenvalue weighted by molar-refractivity contribution is 8.07. The zero-order chi connectivity index (χ0) is 30.8. The van der Waals surface area contributed by atoms with Crippen LogP contribution in [0.15, 0.2) is 59.5 Å². The Morgan fingerprint density at radius 3 is 2.00 bits per heavy atom. The molecule has 0 bridgehead atoms. The van der Waals surface area contributed by atoms with Gasteiger partial charge in [0.05, 0.1) is 20.8 Å². The van der Waals surface area contributed by atoms with Crippen molar-refractivity contribution in [2.75, 3.05) is 20.8 Å². The number of rotatable bonds is 11. The summed E-state index contributed by atoms with van der Waals surface area (Å²) in [5.41, 5.74) is -5.92. The third-order valence-corrected chi connectivity index (χ3v) is 8.46. The number of ether oxygens (including phenoxy) is 3. The molecule has 1 saturated heterocycles. The zero-order valence-corrected chi connectivity index (χ0v) is 24.1. The van der Waals surface area contributed by atoms with Gasteiger partial charge < -0.3 is 28.4 Å². The Morgan fingerprint density at radius 1 is 1.07 bits per heavy atom. The summed E-state index contributed by atoms with van der Waals surface area (Å²) in [4.78, 5) is 11.6. The van der Waals surface area contributed by atoms with Crippen LogP contribution in [0.25, 0.3) is 0 Å². The van der Waals surface area contributed by atoms with Gasteiger partial charge in [0.15, 0.2) is 23.5 Å². The van der Waals surface area contributed by atoms with Gasteiger partial charge in [0.2, 0.25) is 0 Å². The molecule has 0 spiro atoms. The Hall–Kier alpha value is -3.14. The molecular weight excluding hydrogens is 633 g/mol. The molecule has 11 nitrogen and oxygen atoms in total. The minimum atomic E-state index is -4.10. The first-order valence-corrected chi connectivity index (χ1v) is 14.7. The van der Waals surface area contributed by atoms with Crippen LogP contribution in [0.3, 0.4) is 0 Å². The second-order valence-corrected chi connectivity index (χ2v) is 12.0. The highest BCUT2D eigenvalue weighted by atomic mass is 35.5. The predicted molar refractivity (Wildman–Crippen MR) is 143 cm³/mol. The topological polar surface area (TPSA) is 126 Å². The second kappa shape index (κ2) is 12.6. The van der Waals surface area contributed by atoms with Gasteiger partial charge in [-0.3, -0.25) is 14.5 Å².